The Hall–Kier alpha value is -1.82. The summed E-state index contributed by atoms with van der Waals surface area (Å²) in [5, 5.41) is 13.6. The number of amides is 1. The molecular formula is C14H19ClN2O4. The molecule has 0 unspecified atom stereocenters. The number of hydrogen-bond acceptors (Lipinski definition) is 4. The average Bonchev–Trinajstić information content (AvgIpc) is 2.49. The van der Waals surface area contributed by atoms with Gasteiger partial charge in [-0.25, -0.2) is 0 Å². The van der Waals surface area contributed by atoms with E-state index in [1.165, 1.54) is 25.3 Å². The number of methoxy groups -OCH3 is 1. The van der Waals surface area contributed by atoms with Gasteiger partial charge in [0.25, 0.3) is 5.91 Å². The Bertz CT molecular complexity index is 494. The van der Waals surface area contributed by atoms with Gasteiger partial charge in [-0.2, -0.15) is 0 Å². The molecule has 21 heavy (non-hydrogen) atoms. The number of unbranched alkanes of at least 4 members (excludes halogenated alkanes) is 3. The molecule has 1 rings (SSSR count). The van der Waals surface area contributed by atoms with Crippen molar-refractivity contribution in [2.24, 2.45) is 0 Å². The van der Waals surface area contributed by atoms with E-state index in [1.807, 2.05) is 0 Å². The third-order valence-electron chi connectivity index (χ3n) is 2.98. The fourth-order valence-corrected chi connectivity index (χ4v) is 2.04. The van der Waals surface area contributed by atoms with Gasteiger partial charge in [-0.15, -0.1) is 11.6 Å². The minimum atomic E-state index is -0.568. The van der Waals surface area contributed by atoms with Crippen LogP contribution in [-0.2, 0) is 0 Å². The van der Waals surface area contributed by atoms with Gasteiger partial charge >= 0.3 is 5.69 Å². The van der Waals surface area contributed by atoms with Crippen molar-refractivity contribution in [2.45, 2.75) is 25.7 Å². The van der Waals surface area contributed by atoms with E-state index in [1.54, 1.807) is 0 Å². The maximum Gasteiger partial charge on any atom is 0.311 e. The SMILES string of the molecule is COc1ccc(C(=O)NCCCCCCCl)cc1[N+](=O)[O-]. The molecule has 0 aliphatic carbocycles. The number of carbonyl (C=O) groups excluding carboxylic acids is 1. The molecule has 1 aromatic carbocycles. The monoisotopic (exact) mass is 314 g/mol. The van der Waals surface area contributed by atoms with E-state index >= 15 is 0 Å². The van der Waals surface area contributed by atoms with Crippen LogP contribution in [0.5, 0.6) is 5.75 Å². The molecule has 1 amide bonds. The molecule has 0 aromatic heterocycles. The first kappa shape index (κ1) is 17.2. The lowest BCUT2D eigenvalue weighted by Gasteiger charge is -2.06. The highest BCUT2D eigenvalue weighted by Crippen LogP contribution is 2.27. The fraction of sp³-hybridized carbons (Fsp3) is 0.500. The summed E-state index contributed by atoms with van der Waals surface area (Å²) in [5.41, 5.74) is 0.0375. The van der Waals surface area contributed by atoms with Crippen LogP contribution in [0, 0.1) is 10.1 Å². The second-order valence-corrected chi connectivity index (χ2v) is 4.88. The van der Waals surface area contributed by atoms with Crippen molar-refractivity contribution in [3.63, 3.8) is 0 Å². The van der Waals surface area contributed by atoms with Gasteiger partial charge in [-0.05, 0) is 25.0 Å². The summed E-state index contributed by atoms with van der Waals surface area (Å²) in [6, 6.07) is 4.16. The molecule has 0 saturated heterocycles. The number of nitrogens with zero attached hydrogens (tertiary/aromatic N) is 1. The Balaban J connectivity index is 2.54. The molecular weight excluding hydrogens is 296 g/mol. The van der Waals surface area contributed by atoms with Crippen molar-refractivity contribution in [2.75, 3.05) is 19.5 Å². The van der Waals surface area contributed by atoms with Crippen molar-refractivity contribution in [3.05, 3.63) is 33.9 Å². The third kappa shape index (κ3) is 5.59. The number of hydrogen-bond donors (Lipinski definition) is 1. The summed E-state index contributed by atoms with van der Waals surface area (Å²) in [5.74, 6) is 0.470. The van der Waals surface area contributed by atoms with E-state index < -0.39 is 4.92 Å². The molecule has 0 fully saturated rings. The number of nitro benzene ring substituents is 1. The number of carbonyl (C=O) groups is 1. The second-order valence-electron chi connectivity index (χ2n) is 4.50. The summed E-state index contributed by atoms with van der Waals surface area (Å²) < 4.78 is 4.89. The highest BCUT2D eigenvalue weighted by molar-refractivity contribution is 6.17. The van der Waals surface area contributed by atoms with Crippen LogP contribution in [0.3, 0.4) is 0 Å². The van der Waals surface area contributed by atoms with Gasteiger partial charge in [0, 0.05) is 24.1 Å². The normalized spacial score (nSPS) is 10.2. The van der Waals surface area contributed by atoms with Crippen LogP contribution in [0.2, 0.25) is 0 Å². The van der Waals surface area contributed by atoms with Crippen molar-refractivity contribution >= 4 is 23.2 Å². The molecule has 0 saturated carbocycles. The first-order valence-corrected chi connectivity index (χ1v) is 7.30. The lowest BCUT2D eigenvalue weighted by Crippen LogP contribution is -2.24. The minimum absolute atomic E-state index is 0.137. The zero-order valence-corrected chi connectivity index (χ0v) is 12.7. The average molecular weight is 315 g/mol. The van der Waals surface area contributed by atoms with E-state index in [0.717, 1.165) is 25.7 Å². The van der Waals surface area contributed by atoms with Gasteiger partial charge in [-0.1, -0.05) is 12.8 Å². The standard InChI is InChI=1S/C14H19ClN2O4/c1-21-13-7-6-11(10-12(13)17(19)20)14(18)16-9-5-3-2-4-8-15/h6-7,10H,2-5,8-9H2,1H3,(H,16,18). The maximum atomic E-state index is 11.9. The fourth-order valence-electron chi connectivity index (χ4n) is 1.85. The van der Waals surface area contributed by atoms with Gasteiger partial charge in [0.15, 0.2) is 5.75 Å². The Morgan fingerprint density at radius 3 is 2.67 bits per heavy atom. The van der Waals surface area contributed by atoms with Crippen LogP contribution in [-0.4, -0.2) is 30.4 Å². The molecule has 7 heteroatoms. The lowest BCUT2D eigenvalue weighted by atomic mass is 10.1. The molecule has 6 nitrogen and oxygen atoms in total. The van der Waals surface area contributed by atoms with Gasteiger partial charge in [0.1, 0.15) is 0 Å². The van der Waals surface area contributed by atoms with E-state index in [9.17, 15) is 14.9 Å². The van der Waals surface area contributed by atoms with Crippen molar-refractivity contribution in [1.29, 1.82) is 0 Å². The number of nitrogens with one attached hydrogen (secondary N) is 1. The van der Waals surface area contributed by atoms with Crippen molar-refractivity contribution in [3.8, 4) is 5.75 Å². The molecule has 0 aliphatic rings. The molecule has 116 valence electrons. The molecule has 0 spiro atoms. The summed E-state index contributed by atoms with van der Waals surface area (Å²) in [6.07, 6.45) is 3.87. The van der Waals surface area contributed by atoms with Crippen LogP contribution < -0.4 is 10.1 Å². The lowest BCUT2D eigenvalue weighted by molar-refractivity contribution is -0.385. The highest BCUT2D eigenvalue weighted by Gasteiger charge is 2.17. The number of halogens is 1. The molecule has 1 N–H and O–H groups in total. The predicted octanol–water partition coefficient (Wildman–Crippen LogP) is 3.13. The first-order valence-electron chi connectivity index (χ1n) is 6.76. The Kier molecular flexibility index (Phi) is 7.53. The Morgan fingerprint density at radius 2 is 2.05 bits per heavy atom. The minimum Gasteiger partial charge on any atom is -0.490 e. The van der Waals surface area contributed by atoms with Gasteiger partial charge in [0.2, 0.25) is 0 Å². The zero-order valence-electron chi connectivity index (χ0n) is 11.9. The highest BCUT2D eigenvalue weighted by atomic mass is 35.5. The summed E-state index contributed by atoms with van der Waals surface area (Å²) in [7, 11) is 1.35. The van der Waals surface area contributed by atoms with Crippen LogP contribution in [0.15, 0.2) is 18.2 Å². The van der Waals surface area contributed by atoms with E-state index in [0.29, 0.717) is 12.4 Å². The Morgan fingerprint density at radius 1 is 1.33 bits per heavy atom. The third-order valence-corrected chi connectivity index (χ3v) is 3.25. The number of benzene rings is 1. The van der Waals surface area contributed by atoms with E-state index in [2.05, 4.69) is 5.32 Å². The van der Waals surface area contributed by atoms with Gasteiger partial charge < -0.3 is 10.1 Å². The van der Waals surface area contributed by atoms with Crippen LogP contribution in [0.4, 0.5) is 5.69 Å². The van der Waals surface area contributed by atoms with E-state index in [4.69, 9.17) is 16.3 Å². The molecule has 0 aliphatic heterocycles. The maximum absolute atomic E-state index is 11.9. The summed E-state index contributed by atoms with van der Waals surface area (Å²) in [4.78, 5) is 22.2. The number of rotatable bonds is 9. The first-order chi connectivity index (χ1) is 10.1. The van der Waals surface area contributed by atoms with Gasteiger partial charge in [-0.3, -0.25) is 14.9 Å². The predicted molar refractivity (Wildman–Crippen MR) is 81.2 cm³/mol. The molecule has 0 radical (unpaired) electrons. The van der Waals surface area contributed by atoms with Gasteiger partial charge in [0.05, 0.1) is 12.0 Å². The van der Waals surface area contributed by atoms with Crippen LogP contribution in [0.1, 0.15) is 36.0 Å². The van der Waals surface area contributed by atoms with Crippen LogP contribution in [0.25, 0.3) is 0 Å². The molecule has 0 bridgehead atoms. The molecule has 0 heterocycles. The van der Waals surface area contributed by atoms with Crippen LogP contribution >= 0.6 is 11.6 Å². The quantitative estimate of drug-likeness (QED) is 0.328. The van der Waals surface area contributed by atoms with E-state index in [-0.39, 0.29) is 22.9 Å². The number of ether oxygens (including phenoxy) is 1. The largest absolute Gasteiger partial charge is 0.490 e. The molecule has 0 atom stereocenters. The number of alkyl halides is 1. The number of nitro groups is 1. The summed E-state index contributed by atoms with van der Waals surface area (Å²) in [6.45, 7) is 0.543. The van der Waals surface area contributed by atoms with Crippen molar-refractivity contribution in [1.82, 2.24) is 5.32 Å². The summed E-state index contributed by atoms with van der Waals surface area (Å²) >= 11 is 5.57. The second kappa shape index (κ2) is 9.18. The molecule has 1 aromatic rings. The van der Waals surface area contributed by atoms with Crippen molar-refractivity contribution < 1.29 is 14.5 Å². The Labute approximate surface area is 128 Å². The smallest absolute Gasteiger partial charge is 0.311 e. The zero-order chi connectivity index (χ0) is 15.7. The topological polar surface area (TPSA) is 81.5 Å².